The molecule has 0 aliphatic rings. The number of hydrogen-bond acceptors (Lipinski definition) is 4. The average Bonchev–Trinajstić information content (AvgIpc) is 2.78. The van der Waals surface area contributed by atoms with Crippen LogP contribution in [0.2, 0.25) is 0 Å². The quantitative estimate of drug-likeness (QED) is 0.791. The lowest BCUT2D eigenvalue weighted by atomic mass is 10.2. The van der Waals surface area contributed by atoms with E-state index >= 15 is 0 Å². The van der Waals surface area contributed by atoms with Gasteiger partial charge in [0.1, 0.15) is 5.75 Å². The monoisotopic (exact) mass is 218 g/mol. The summed E-state index contributed by atoms with van der Waals surface area (Å²) >= 11 is 0. The molecule has 0 unspecified atom stereocenters. The van der Waals surface area contributed by atoms with Crippen LogP contribution in [0.5, 0.6) is 5.75 Å². The summed E-state index contributed by atoms with van der Waals surface area (Å²) in [6.07, 6.45) is 1.83. The normalized spacial score (nSPS) is 10.4. The Morgan fingerprint density at radius 2 is 2.00 bits per heavy atom. The molecule has 0 fully saturated rings. The van der Waals surface area contributed by atoms with Gasteiger partial charge in [-0.05, 0) is 30.7 Å². The average molecular weight is 218 g/mol. The van der Waals surface area contributed by atoms with Crippen LogP contribution in [0.4, 0.5) is 0 Å². The fourth-order valence-electron chi connectivity index (χ4n) is 1.43. The van der Waals surface area contributed by atoms with E-state index < -0.39 is 0 Å². The highest BCUT2D eigenvalue weighted by molar-refractivity contribution is 5.55. The predicted molar refractivity (Wildman–Crippen MR) is 60.3 cm³/mol. The van der Waals surface area contributed by atoms with E-state index in [0.717, 1.165) is 24.2 Å². The Kier molecular flexibility index (Phi) is 3.19. The minimum absolute atomic E-state index is 0.631. The molecule has 1 aromatic carbocycles. The lowest BCUT2D eigenvalue weighted by Crippen LogP contribution is -1.85. The fraction of sp³-hybridized carbons (Fsp3) is 0.333. The number of aryl methyl sites for hydroxylation is 1. The first-order valence-corrected chi connectivity index (χ1v) is 5.30. The van der Waals surface area contributed by atoms with Crippen molar-refractivity contribution in [3.63, 3.8) is 0 Å². The molecule has 0 radical (unpaired) electrons. The molecular formula is C12H14N2O2. The first kappa shape index (κ1) is 10.7. The summed E-state index contributed by atoms with van der Waals surface area (Å²) in [5, 5.41) is 3.93. The summed E-state index contributed by atoms with van der Waals surface area (Å²) in [4.78, 5) is 4.31. The van der Waals surface area contributed by atoms with Crippen molar-refractivity contribution in [2.24, 2.45) is 0 Å². The summed E-state index contributed by atoms with van der Waals surface area (Å²) in [7, 11) is 1.64. The van der Waals surface area contributed by atoms with E-state index in [4.69, 9.17) is 9.26 Å². The van der Waals surface area contributed by atoms with Crippen LogP contribution < -0.4 is 4.74 Å². The molecule has 0 aliphatic carbocycles. The number of rotatable bonds is 4. The van der Waals surface area contributed by atoms with Crippen LogP contribution in [0.15, 0.2) is 28.8 Å². The van der Waals surface area contributed by atoms with Crippen molar-refractivity contribution < 1.29 is 9.26 Å². The number of benzene rings is 1. The van der Waals surface area contributed by atoms with Gasteiger partial charge >= 0.3 is 0 Å². The van der Waals surface area contributed by atoms with Gasteiger partial charge in [0, 0.05) is 12.0 Å². The Hall–Kier alpha value is -1.84. The van der Waals surface area contributed by atoms with Crippen molar-refractivity contribution in [2.75, 3.05) is 7.11 Å². The van der Waals surface area contributed by atoms with Gasteiger partial charge in [-0.15, -0.1) is 0 Å². The maximum atomic E-state index is 5.12. The highest BCUT2D eigenvalue weighted by atomic mass is 16.5. The zero-order chi connectivity index (χ0) is 11.4. The third-order valence-electron chi connectivity index (χ3n) is 2.28. The molecule has 0 atom stereocenters. The van der Waals surface area contributed by atoms with Gasteiger partial charge in [0.25, 0.3) is 0 Å². The van der Waals surface area contributed by atoms with Gasteiger partial charge in [0.2, 0.25) is 11.7 Å². The maximum absolute atomic E-state index is 5.12. The van der Waals surface area contributed by atoms with E-state index in [1.165, 1.54) is 0 Å². The molecule has 84 valence electrons. The van der Waals surface area contributed by atoms with Gasteiger partial charge in [-0.1, -0.05) is 12.1 Å². The molecule has 1 aromatic heterocycles. The molecule has 4 nitrogen and oxygen atoms in total. The van der Waals surface area contributed by atoms with Gasteiger partial charge in [-0.2, -0.15) is 4.98 Å². The third-order valence-corrected chi connectivity index (χ3v) is 2.28. The molecule has 2 rings (SSSR count). The second kappa shape index (κ2) is 4.79. The van der Waals surface area contributed by atoms with Crippen LogP contribution >= 0.6 is 0 Å². The van der Waals surface area contributed by atoms with E-state index in [0.29, 0.717) is 11.7 Å². The molecular weight excluding hydrogens is 204 g/mol. The lowest BCUT2D eigenvalue weighted by molar-refractivity contribution is 0.378. The summed E-state index contributed by atoms with van der Waals surface area (Å²) in [6.45, 7) is 2.08. The molecule has 0 amide bonds. The van der Waals surface area contributed by atoms with Gasteiger partial charge < -0.3 is 9.26 Å². The minimum atomic E-state index is 0.631. The van der Waals surface area contributed by atoms with Crippen molar-refractivity contribution >= 4 is 0 Å². The van der Waals surface area contributed by atoms with Gasteiger partial charge in [0.15, 0.2) is 0 Å². The molecule has 0 N–H and O–H groups in total. The Morgan fingerprint density at radius 3 is 2.62 bits per heavy atom. The second-order valence-corrected chi connectivity index (χ2v) is 3.49. The van der Waals surface area contributed by atoms with Gasteiger partial charge in [-0.25, -0.2) is 0 Å². The molecule has 16 heavy (non-hydrogen) atoms. The second-order valence-electron chi connectivity index (χ2n) is 3.49. The van der Waals surface area contributed by atoms with Crippen molar-refractivity contribution in [1.29, 1.82) is 0 Å². The number of nitrogens with zero attached hydrogens (tertiary/aromatic N) is 2. The van der Waals surface area contributed by atoms with Crippen LogP contribution in [-0.2, 0) is 6.42 Å². The third kappa shape index (κ3) is 2.21. The summed E-state index contributed by atoms with van der Waals surface area (Å²) in [5.74, 6) is 2.14. The van der Waals surface area contributed by atoms with Gasteiger partial charge in [-0.3, -0.25) is 0 Å². The van der Waals surface area contributed by atoms with Crippen LogP contribution in [0.25, 0.3) is 11.4 Å². The standard InChI is InChI=1S/C12H14N2O2/c1-3-4-11-13-12(14-16-11)9-5-7-10(15-2)8-6-9/h5-8H,3-4H2,1-2H3. The summed E-state index contributed by atoms with van der Waals surface area (Å²) in [5.41, 5.74) is 0.937. The summed E-state index contributed by atoms with van der Waals surface area (Å²) < 4.78 is 10.2. The molecule has 4 heteroatoms. The molecule has 2 aromatic rings. The zero-order valence-electron chi connectivity index (χ0n) is 9.43. The van der Waals surface area contributed by atoms with E-state index in [1.807, 2.05) is 24.3 Å². The van der Waals surface area contributed by atoms with Crippen LogP contribution in [0.3, 0.4) is 0 Å². The Balaban J connectivity index is 2.21. The molecule has 0 saturated carbocycles. The highest BCUT2D eigenvalue weighted by Gasteiger charge is 2.07. The molecule has 1 heterocycles. The van der Waals surface area contributed by atoms with Crippen molar-refractivity contribution in [2.45, 2.75) is 19.8 Å². The van der Waals surface area contributed by atoms with Crippen LogP contribution in [0, 0.1) is 0 Å². The Morgan fingerprint density at radius 1 is 1.25 bits per heavy atom. The molecule has 0 bridgehead atoms. The van der Waals surface area contributed by atoms with Crippen molar-refractivity contribution in [3.05, 3.63) is 30.2 Å². The smallest absolute Gasteiger partial charge is 0.226 e. The SMILES string of the molecule is CCCc1nc(-c2ccc(OC)cc2)no1. The minimum Gasteiger partial charge on any atom is -0.497 e. The van der Waals surface area contributed by atoms with Crippen molar-refractivity contribution in [3.8, 4) is 17.1 Å². The lowest BCUT2D eigenvalue weighted by Gasteiger charge is -1.98. The van der Waals surface area contributed by atoms with E-state index in [9.17, 15) is 0 Å². The van der Waals surface area contributed by atoms with E-state index in [1.54, 1.807) is 7.11 Å². The largest absolute Gasteiger partial charge is 0.497 e. The first-order valence-electron chi connectivity index (χ1n) is 5.30. The van der Waals surface area contributed by atoms with E-state index in [2.05, 4.69) is 17.1 Å². The Labute approximate surface area is 94.2 Å². The fourth-order valence-corrected chi connectivity index (χ4v) is 1.43. The van der Waals surface area contributed by atoms with E-state index in [-0.39, 0.29) is 0 Å². The van der Waals surface area contributed by atoms with Crippen LogP contribution in [-0.4, -0.2) is 17.3 Å². The number of methoxy groups -OCH3 is 1. The molecule has 0 aliphatic heterocycles. The number of aromatic nitrogens is 2. The van der Waals surface area contributed by atoms with Gasteiger partial charge in [0.05, 0.1) is 7.11 Å². The Bertz CT molecular complexity index is 448. The zero-order valence-corrected chi connectivity index (χ0v) is 9.43. The topological polar surface area (TPSA) is 48.2 Å². The van der Waals surface area contributed by atoms with Crippen LogP contribution in [0.1, 0.15) is 19.2 Å². The van der Waals surface area contributed by atoms with Crippen molar-refractivity contribution in [1.82, 2.24) is 10.1 Å². The number of ether oxygens (including phenoxy) is 1. The maximum Gasteiger partial charge on any atom is 0.226 e. The number of hydrogen-bond donors (Lipinski definition) is 0. The summed E-state index contributed by atoms with van der Waals surface area (Å²) in [6, 6.07) is 7.59. The highest BCUT2D eigenvalue weighted by Crippen LogP contribution is 2.19. The molecule has 0 spiro atoms. The predicted octanol–water partition coefficient (Wildman–Crippen LogP) is 2.70. The first-order chi connectivity index (χ1) is 7.83. The molecule has 0 saturated heterocycles.